The molecule has 0 radical (unpaired) electrons. The van der Waals surface area contributed by atoms with E-state index in [-0.39, 0.29) is 6.04 Å². The van der Waals surface area contributed by atoms with Crippen molar-refractivity contribution in [2.75, 3.05) is 20.3 Å². The molecule has 0 aliphatic carbocycles. The number of benzene rings is 1. The number of ether oxygens (including phenoxy) is 2. The van der Waals surface area contributed by atoms with E-state index in [0.29, 0.717) is 24.5 Å². The van der Waals surface area contributed by atoms with Crippen LogP contribution in [0.1, 0.15) is 36.9 Å². The van der Waals surface area contributed by atoms with Crippen LogP contribution in [0.3, 0.4) is 0 Å². The van der Waals surface area contributed by atoms with Crippen molar-refractivity contribution in [3.05, 3.63) is 53.9 Å². The topological polar surface area (TPSA) is 71.9 Å². The van der Waals surface area contributed by atoms with Crippen molar-refractivity contribution in [3.8, 4) is 11.5 Å². The quantitative estimate of drug-likeness (QED) is 0.822. The molecule has 2 atom stereocenters. The molecule has 2 aromatic rings. The predicted molar refractivity (Wildman–Crippen MR) is 97.6 cm³/mol. The number of carboxylic acid groups (broad SMARTS) is 1. The molecule has 1 aliphatic heterocycles. The minimum Gasteiger partial charge on any atom is -0.493 e. The highest BCUT2D eigenvalue weighted by Gasteiger charge is 2.37. The summed E-state index contributed by atoms with van der Waals surface area (Å²) in [5.74, 6) is 0.540. The SMILES string of the molecule is CCOc1ccc(C(c2cccnc2)N2CCCC2C(=O)O)cc1OC. The van der Waals surface area contributed by atoms with E-state index in [9.17, 15) is 9.90 Å². The fraction of sp³-hybridized carbons (Fsp3) is 0.400. The first-order valence-corrected chi connectivity index (χ1v) is 8.85. The van der Waals surface area contributed by atoms with Crippen LogP contribution in [0.2, 0.25) is 0 Å². The number of carbonyl (C=O) groups is 1. The highest BCUT2D eigenvalue weighted by atomic mass is 16.5. The van der Waals surface area contributed by atoms with Crippen molar-refractivity contribution in [2.45, 2.75) is 31.8 Å². The van der Waals surface area contributed by atoms with E-state index in [1.807, 2.05) is 42.2 Å². The molecule has 2 unspecified atom stereocenters. The number of likely N-dealkylation sites (tertiary alicyclic amines) is 1. The predicted octanol–water partition coefficient (Wildman–Crippen LogP) is 3.13. The molecule has 0 amide bonds. The van der Waals surface area contributed by atoms with Gasteiger partial charge in [0.25, 0.3) is 0 Å². The highest BCUT2D eigenvalue weighted by Crippen LogP contribution is 2.38. The molecule has 3 rings (SSSR count). The van der Waals surface area contributed by atoms with Crippen molar-refractivity contribution in [1.29, 1.82) is 0 Å². The lowest BCUT2D eigenvalue weighted by Crippen LogP contribution is -2.39. The molecule has 1 aromatic carbocycles. The average molecular weight is 356 g/mol. The van der Waals surface area contributed by atoms with E-state index >= 15 is 0 Å². The summed E-state index contributed by atoms with van der Waals surface area (Å²) in [4.78, 5) is 18.0. The van der Waals surface area contributed by atoms with Gasteiger partial charge in [0, 0.05) is 18.9 Å². The molecule has 1 N–H and O–H groups in total. The molecule has 1 aromatic heterocycles. The van der Waals surface area contributed by atoms with Gasteiger partial charge in [-0.05, 0) is 49.1 Å². The molecular weight excluding hydrogens is 332 g/mol. The second kappa shape index (κ2) is 8.19. The Kier molecular flexibility index (Phi) is 5.73. The molecule has 1 aliphatic rings. The summed E-state index contributed by atoms with van der Waals surface area (Å²) < 4.78 is 11.1. The summed E-state index contributed by atoms with van der Waals surface area (Å²) in [5.41, 5.74) is 1.93. The number of hydrogen-bond acceptors (Lipinski definition) is 5. The first-order chi connectivity index (χ1) is 12.7. The van der Waals surface area contributed by atoms with Crippen molar-refractivity contribution < 1.29 is 19.4 Å². The maximum Gasteiger partial charge on any atom is 0.320 e. The van der Waals surface area contributed by atoms with Gasteiger partial charge in [0.1, 0.15) is 6.04 Å². The lowest BCUT2D eigenvalue weighted by molar-refractivity contribution is -0.142. The molecule has 2 heterocycles. The van der Waals surface area contributed by atoms with Gasteiger partial charge >= 0.3 is 5.97 Å². The van der Waals surface area contributed by atoms with Crippen LogP contribution in [-0.2, 0) is 4.79 Å². The van der Waals surface area contributed by atoms with Gasteiger partial charge in [0.2, 0.25) is 0 Å². The normalized spacial score (nSPS) is 18.5. The summed E-state index contributed by atoms with van der Waals surface area (Å²) >= 11 is 0. The van der Waals surface area contributed by atoms with Crippen LogP contribution < -0.4 is 9.47 Å². The van der Waals surface area contributed by atoms with Crippen molar-refractivity contribution >= 4 is 5.97 Å². The Morgan fingerprint density at radius 2 is 2.19 bits per heavy atom. The van der Waals surface area contributed by atoms with Gasteiger partial charge in [-0.15, -0.1) is 0 Å². The Balaban J connectivity index is 2.05. The Morgan fingerprint density at radius 3 is 2.85 bits per heavy atom. The maximum absolute atomic E-state index is 11.7. The number of rotatable bonds is 7. The van der Waals surface area contributed by atoms with Crippen LogP contribution in [0.4, 0.5) is 0 Å². The summed E-state index contributed by atoms with van der Waals surface area (Å²) in [6.45, 7) is 3.20. The molecule has 138 valence electrons. The lowest BCUT2D eigenvalue weighted by atomic mass is 9.97. The zero-order valence-corrected chi connectivity index (χ0v) is 15.1. The number of aromatic nitrogens is 1. The van der Waals surface area contributed by atoms with E-state index in [2.05, 4.69) is 4.98 Å². The molecular formula is C20H24N2O4. The van der Waals surface area contributed by atoms with Crippen LogP contribution in [0.5, 0.6) is 11.5 Å². The number of pyridine rings is 1. The van der Waals surface area contributed by atoms with Gasteiger partial charge in [-0.2, -0.15) is 0 Å². The summed E-state index contributed by atoms with van der Waals surface area (Å²) in [6.07, 6.45) is 5.03. The number of nitrogens with zero attached hydrogens (tertiary/aromatic N) is 2. The van der Waals surface area contributed by atoms with Crippen LogP contribution in [0.25, 0.3) is 0 Å². The standard InChI is InChI=1S/C20H24N2O4/c1-3-26-17-9-8-14(12-18(17)25-2)19(15-6-4-10-21-13-15)22-11-5-7-16(22)20(23)24/h4,6,8-10,12-13,16,19H,3,5,7,11H2,1-2H3,(H,23,24). The van der Waals surface area contributed by atoms with Gasteiger partial charge in [-0.3, -0.25) is 14.7 Å². The van der Waals surface area contributed by atoms with Crippen LogP contribution >= 0.6 is 0 Å². The van der Waals surface area contributed by atoms with Gasteiger partial charge in [0.05, 0.1) is 19.8 Å². The number of carboxylic acids is 1. The molecule has 0 bridgehead atoms. The summed E-state index contributed by atoms with van der Waals surface area (Å²) in [6, 6.07) is 8.95. The molecule has 0 saturated carbocycles. The molecule has 1 saturated heterocycles. The highest BCUT2D eigenvalue weighted by molar-refractivity contribution is 5.74. The zero-order valence-electron chi connectivity index (χ0n) is 15.1. The van der Waals surface area contributed by atoms with E-state index in [0.717, 1.165) is 24.1 Å². The summed E-state index contributed by atoms with van der Waals surface area (Å²) in [5, 5.41) is 9.64. The van der Waals surface area contributed by atoms with Crippen LogP contribution in [-0.4, -0.2) is 47.3 Å². The van der Waals surface area contributed by atoms with Crippen LogP contribution in [0.15, 0.2) is 42.7 Å². The molecule has 0 spiro atoms. The molecule has 6 nitrogen and oxygen atoms in total. The van der Waals surface area contributed by atoms with Crippen LogP contribution in [0, 0.1) is 0 Å². The first kappa shape index (κ1) is 18.2. The Hall–Kier alpha value is -2.60. The van der Waals surface area contributed by atoms with E-state index in [1.54, 1.807) is 19.5 Å². The monoisotopic (exact) mass is 356 g/mol. The lowest BCUT2D eigenvalue weighted by Gasteiger charge is -2.32. The Labute approximate surface area is 153 Å². The molecule has 1 fully saturated rings. The fourth-order valence-corrected chi connectivity index (χ4v) is 3.61. The Morgan fingerprint density at radius 1 is 1.35 bits per heavy atom. The number of methoxy groups -OCH3 is 1. The maximum atomic E-state index is 11.7. The van der Waals surface area contributed by atoms with Crippen molar-refractivity contribution in [2.24, 2.45) is 0 Å². The second-order valence-corrected chi connectivity index (χ2v) is 6.27. The minimum atomic E-state index is -0.783. The fourth-order valence-electron chi connectivity index (χ4n) is 3.61. The van der Waals surface area contributed by atoms with Gasteiger partial charge in [-0.25, -0.2) is 0 Å². The van der Waals surface area contributed by atoms with Gasteiger partial charge < -0.3 is 14.6 Å². The zero-order chi connectivity index (χ0) is 18.5. The van der Waals surface area contributed by atoms with Crippen molar-refractivity contribution in [1.82, 2.24) is 9.88 Å². The third-order valence-corrected chi connectivity index (χ3v) is 4.71. The second-order valence-electron chi connectivity index (χ2n) is 6.27. The van der Waals surface area contributed by atoms with E-state index in [1.165, 1.54) is 0 Å². The minimum absolute atomic E-state index is 0.197. The summed E-state index contributed by atoms with van der Waals surface area (Å²) in [7, 11) is 1.61. The number of hydrogen-bond donors (Lipinski definition) is 1. The van der Waals surface area contributed by atoms with E-state index < -0.39 is 12.0 Å². The molecule has 26 heavy (non-hydrogen) atoms. The third-order valence-electron chi connectivity index (χ3n) is 4.71. The molecule has 6 heteroatoms. The van der Waals surface area contributed by atoms with Gasteiger partial charge in [0.15, 0.2) is 11.5 Å². The van der Waals surface area contributed by atoms with E-state index in [4.69, 9.17) is 9.47 Å². The first-order valence-electron chi connectivity index (χ1n) is 8.85. The third kappa shape index (κ3) is 3.65. The van der Waals surface area contributed by atoms with Gasteiger partial charge in [-0.1, -0.05) is 12.1 Å². The number of aliphatic carboxylic acids is 1. The van der Waals surface area contributed by atoms with Crippen molar-refractivity contribution in [3.63, 3.8) is 0 Å². The Bertz CT molecular complexity index is 751. The smallest absolute Gasteiger partial charge is 0.320 e. The average Bonchev–Trinajstić information content (AvgIpc) is 3.14. The largest absolute Gasteiger partial charge is 0.493 e.